The van der Waals surface area contributed by atoms with Gasteiger partial charge in [0.25, 0.3) is 0 Å². The summed E-state index contributed by atoms with van der Waals surface area (Å²) in [6.45, 7) is 7.42. The summed E-state index contributed by atoms with van der Waals surface area (Å²) in [6, 6.07) is 2.35. The Morgan fingerprint density at radius 1 is 1.33 bits per heavy atom. The third kappa shape index (κ3) is 2.62. The van der Waals surface area contributed by atoms with E-state index in [0.29, 0.717) is 0 Å². The van der Waals surface area contributed by atoms with E-state index < -0.39 is 5.54 Å². The number of hydrogen-bond donors (Lipinski definition) is 0. The smallest absolute Gasteiger partial charge is 0.146 e. The average Bonchev–Trinajstić information content (AvgIpc) is 2.39. The maximum atomic E-state index is 9.14. The van der Waals surface area contributed by atoms with Crippen molar-refractivity contribution in [3.05, 3.63) is 17.0 Å². The van der Waals surface area contributed by atoms with Crippen molar-refractivity contribution in [3.8, 4) is 6.07 Å². The monoisotopic (exact) mass is 309 g/mol. The van der Waals surface area contributed by atoms with Crippen molar-refractivity contribution in [1.29, 1.82) is 5.26 Å². The van der Waals surface area contributed by atoms with Crippen molar-refractivity contribution in [2.75, 3.05) is 31.1 Å². The number of piperazine rings is 1. The maximum Gasteiger partial charge on any atom is 0.146 e. The number of rotatable bonds is 2. The third-order valence-corrected chi connectivity index (χ3v) is 3.85. The molecule has 0 saturated carbocycles. The predicted molar refractivity (Wildman–Crippen MR) is 73.2 cm³/mol. The highest BCUT2D eigenvalue weighted by Gasteiger charge is 2.30. The largest absolute Gasteiger partial charge is 0.353 e. The molecular formula is C12H16BrN5. The van der Waals surface area contributed by atoms with Crippen LogP contribution in [0.2, 0.25) is 0 Å². The van der Waals surface area contributed by atoms with E-state index in [1.54, 1.807) is 12.5 Å². The van der Waals surface area contributed by atoms with E-state index in [4.69, 9.17) is 5.26 Å². The van der Waals surface area contributed by atoms with Crippen molar-refractivity contribution < 1.29 is 0 Å². The summed E-state index contributed by atoms with van der Waals surface area (Å²) in [5, 5.41) is 9.14. The van der Waals surface area contributed by atoms with Crippen LogP contribution in [0.15, 0.2) is 17.0 Å². The number of halogens is 1. The van der Waals surface area contributed by atoms with E-state index in [-0.39, 0.29) is 0 Å². The van der Waals surface area contributed by atoms with Crippen LogP contribution in [-0.2, 0) is 0 Å². The molecule has 1 fully saturated rings. The van der Waals surface area contributed by atoms with Gasteiger partial charge in [-0.2, -0.15) is 5.26 Å². The molecule has 1 aromatic rings. The van der Waals surface area contributed by atoms with Crippen LogP contribution in [0.25, 0.3) is 0 Å². The first kappa shape index (κ1) is 13.2. The number of aromatic nitrogens is 2. The van der Waals surface area contributed by atoms with Crippen molar-refractivity contribution in [3.63, 3.8) is 0 Å². The van der Waals surface area contributed by atoms with Gasteiger partial charge in [-0.05, 0) is 29.8 Å². The number of anilines is 1. The standard InChI is InChI=1S/C12H16BrN5/c1-12(2,8-14)18-5-3-17(4-6-18)11-10(13)7-15-9-16-11/h7,9H,3-6H2,1-2H3. The molecule has 0 radical (unpaired) electrons. The molecule has 1 aliphatic heterocycles. The molecule has 5 nitrogen and oxygen atoms in total. The Bertz CT molecular complexity index is 460. The van der Waals surface area contributed by atoms with Crippen LogP contribution >= 0.6 is 15.9 Å². The van der Waals surface area contributed by atoms with Gasteiger partial charge in [0.05, 0.1) is 10.5 Å². The third-order valence-electron chi connectivity index (χ3n) is 3.29. The van der Waals surface area contributed by atoms with Crippen molar-refractivity contribution in [2.45, 2.75) is 19.4 Å². The summed E-state index contributed by atoms with van der Waals surface area (Å²) < 4.78 is 0.915. The van der Waals surface area contributed by atoms with E-state index in [1.165, 1.54) is 0 Å². The Morgan fingerprint density at radius 3 is 2.56 bits per heavy atom. The van der Waals surface area contributed by atoms with Crippen LogP contribution in [0.1, 0.15) is 13.8 Å². The predicted octanol–water partition coefficient (Wildman–Crippen LogP) is 1.66. The summed E-state index contributed by atoms with van der Waals surface area (Å²) in [4.78, 5) is 12.7. The maximum absolute atomic E-state index is 9.14. The van der Waals surface area contributed by atoms with Gasteiger partial charge in [-0.25, -0.2) is 9.97 Å². The van der Waals surface area contributed by atoms with Crippen LogP contribution in [0.4, 0.5) is 5.82 Å². The van der Waals surface area contributed by atoms with Crippen molar-refractivity contribution in [2.24, 2.45) is 0 Å². The summed E-state index contributed by atoms with van der Waals surface area (Å²) in [5.41, 5.74) is -0.394. The van der Waals surface area contributed by atoms with Gasteiger partial charge in [0.1, 0.15) is 17.7 Å². The molecule has 96 valence electrons. The highest BCUT2D eigenvalue weighted by molar-refractivity contribution is 9.10. The SMILES string of the molecule is CC(C)(C#N)N1CCN(c2ncncc2Br)CC1. The van der Waals surface area contributed by atoms with Gasteiger partial charge in [0.15, 0.2) is 0 Å². The van der Waals surface area contributed by atoms with Gasteiger partial charge in [-0.3, -0.25) is 4.90 Å². The van der Waals surface area contributed by atoms with E-state index in [9.17, 15) is 0 Å². The second kappa shape index (κ2) is 5.21. The molecule has 0 N–H and O–H groups in total. The summed E-state index contributed by atoms with van der Waals surface area (Å²) in [5.74, 6) is 0.930. The Balaban J connectivity index is 2.04. The molecule has 0 unspecified atom stereocenters. The molecule has 18 heavy (non-hydrogen) atoms. The molecule has 0 amide bonds. The fourth-order valence-electron chi connectivity index (χ4n) is 2.09. The summed E-state index contributed by atoms with van der Waals surface area (Å²) in [7, 11) is 0. The minimum absolute atomic E-state index is 0.394. The molecule has 1 aliphatic rings. The molecule has 2 rings (SSSR count). The number of hydrogen-bond acceptors (Lipinski definition) is 5. The van der Waals surface area contributed by atoms with Gasteiger partial charge in [0.2, 0.25) is 0 Å². The summed E-state index contributed by atoms with van der Waals surface area (Å²) in [6.07, 6.45) is 3.32. The quantitative estimate of drug-likeness (QED) is 0.831. The summed E-state index contributed by atoms with van der Waals surface area (Å²) >= 11 is 3.47. The second-order valence-corrected chi connectivity index (χ2v) is 5.69. The minimum Gasteiger partial charge on any atom is -0.353 e. The zero-order valence-electron chi connectivity index (χ0n) is 10.6. The topological polar surface area (TPSA) is 56.1 Å². The molecular weight excluding hydrogens is 294 g/mol. The highest BCUT2D eigenvalue weighted by Crippen LogP contribution is 2.24. The highest BCUT2D eigenvalue weighted by atomic mass is 79.9. The first-order valence-electron chi connectivity index (χ1n) is 5.91. The van der Waals surface area contributed by atoms with Crippen LogP contribution in [0.5, 0.6) is 0 Å². The lowest BCUT2D eigenvalue weighted by Crippen LogP contribution is -2.54. The molecule has 0 aliphatic carbocycles. The lowest BCUT2D eigenvalue weighted by Gasteiger charge is -2.41. The zero-order valence-corrected chi connectivity index (χ0v) is 12.2. The van der Waals surface area contributed by atoms with Crippen LogP contribution in [0.3, 0.4) is 0 Å². The normalized spacial score (nSPS) is 17.6. The average molecular weight is 310 g/mol. The number of nitriles is 1. The molecule has 0 aromatic carbocycles. The van der Waals surface area contributed by atoms with Gasteiger partial charge in [-0.15, -0.1) is 0 Å². The van der Waals surface area contributed by atoms with Gasteiger partial charge in [-0.1, -0.05) is 0 Å². The Hall–Kier alpha value is -1.19. The van der Waals surface area contributed by atoms with Crippen LogP contribution in [-0.4, -0.2) is 46.6 Å². The molecule has 0 spiro atoms. The lowest BCUT2D eigenvalue weighted by atomic mass is 10.0. The Labute approximate surface area is 116 Å². The molecule has 1 saturated heterocycles. The Morgan fingerprint density at radius 2 is 2.00 bits per heavy atom. The zero-order chi connectivity index (χ0) is 13.2. The van der Waals surface area contributed by atoms with Crippen molar-refractivity contribution >= 4 is 21.7 Å². The minimum atomic E-state index is -0.394. The first-order valence-corrected chi connectivity index (χ1v) is 6.70. The van der Waals surface area contributed by atoms with Crippen LogP contribution in [0, 0.1) is 11.3 Å². The molecule has 0 atom stereocenters. The number of nitrogens with zero attached hydrogens (tertiary/aromatic N) is 5. The fraction of sp³-hybridized carbons (Fsp3) is 0.583. The van der Waals surface area contributed by atoms with E-state index in [1.807, 2.05) is 13.8 Å². The second-order valence-electron chi connectivity index (χ2n) is 4.84. The van der Waals surface area contributed by atoms with Crippen molar-refractivity contribution in [1.82, 2.24) is 14.9 Å². The van der Waals surface area contributed by atoms with Gasteiger partial charge in [0, 0.05) is 32.4 Å². The first-order chi connectivity index (χ1) is 8.54. The van der Waals surface area contributed by atoms with Gasteiger partial charge >= 0.3 is 0 Å². The molecule has 0 bridgehead atoms. The molecule has 2 heterocycles. The fourth-order valence-corrected chi connectivity index (χ4v) is 2.56. The Kier molecular flexibility index (Phi) is 3.83. The van der Waals surface area contributed by atoms with E-state index >= 15 is 0 Å². The lowest BCUT2D eigenvalue weighted by molar-refractivity contribution is 0.157. The van der Waals surface area contributed by atoms with E-state index in [0.717, 1.165) is 36.5 Å². The van der Waals surface area contributed by atoms with Crippen LogP contribution < -0.4 is 4.90 Å². The van der Waals surface area contributed by atoms with Gasteiger partial charge < -0.3 is 4.90 Å². The van der Waals surface area contributed by atoms with E-state index in [2.05, 4.69) is 41.8 Å². The molecule has 1 aromatic heterocycles. The molecule has 6 heteroatoms.